The summed E-state index contributed by atoms with van der Waals surface area (Å²) in [5.41, 5.74) is 1.91. The van der Waals surface area contributed by atoms with Crippen LogP contribution in [0.1, 0.15) is 18.1 Å². The third-order valence-corrected chi connectivity index (χ3v) is 2.81. The molecule has 0 radical (unpaired) electrons. The molecule has 4 heteroatoms. The lowest BCUT2D eigenvalue weighted by Crippen LogP contribution is -1.95. The number of nitrogens with zero attached hydrogens (tertiary/aromatic N) is 1. The molecule has 1 heterocycles. The molecule has 0 bridgehead atoms. The highest BCUT2D eigenvalue weighted by Crippen LogP contribution is 2.15. The molecule has 0 aliphatic carbocycles. The molecule has 102 valence electrons. The summed E-state index contributed by atoms with van der Waals surface area (Å²) in [5.74, 6) is 0.792. The Morgan fingerprint density at radius 3 is 2.60 bits per heavy atom. The van der Waals surface area contributed by atoms with E-state index in [2.05, 4.69) is 4.98 Å². The number of halogens is 1. The van der Waals surface area contributed by atoms with Crippen LogP contribution in [0, 0.1) is 0 Å². The lowest BCUT2D eigenvalue weighted by atomic mass is 10.2. The van der Waals surface area contributed by atoms with E-state index in [0.29, 0.717) is 11.8 Å². The Kier molecular flexibility index (Phi) is 4.91. The Hall–Kier alpha value is -2.13. The average molecular weight is 288 g/mol. The summed E-state index contributed by atoms with van der Waals surface area (Å²) in [6, 6.07) is 11.1. The normalized spacial score (nSPS) is 10.7. The van der Waals surface area contributed by atoms with Crippen molar-refractivity contribution < 1.29 is 9.53 Å². The Bertz CT molecular complexity index is 603. The van der Waals surface area contributed by atoms with Gasteiger partial charge in [0, 0.05) is 11.8 Å². The predicted molar refractivity (Wildman–Crippen MR) is 79.7 cm³/mol. The average Bonchev–Trinajstić information content (AvgIpc) is 2.45. The van der Waals surface area contributed by atoms with Gasteiger partial charge in [-0.15, -0.1) is 0 Å². The maximum Gasteiger partial charge on any atom is 0.152 e. The molecule has 2 aromatic rings. The zero-order chi connectivity index (χ0) is 14.4. The van der Waals surface area contributed by atoms with Gasteiger partial charge in [0.15, 0.2) is 5.78 Å². The Balaban J connectivity index is 1.93. The van der Waals surface area contributed by atoms with Crippen LogP contribution in [0.4, 0.5) is 0 Å². The molecule has 1 aromatic carbocycles. The minimum Gasteiger partial charge on any atom is -0.489 e. The van der Waals surface area contributed by atoms with Gasteiger partial charge in [0.05, 0.1) is 0 Å². The number of carbonyl (C=O) groups is 1. The number of carbonyl (C=O) groups excluding carboxylic acids is 1. The van der Waals surface area contributed by atoms with Crippen molar-refractivity contribution in [2.45, 2.75) is 13.5 Å². The molecule has 0 spiro atoms. The molecule has 2 rings (SSSR count). The molecular weight excluding hydrogens is 274 g/mol. The number of benzene rings is 1. The van der Waals surface area contributed by atoms with Crippen LogP contribution in [0.5, 0.6) is 5.75 Å². The van der Waals surface area contributed by atoms with E-state index in [1.165, 1.54) is 13.0 Å². The van der Waals surface area contributed by atoms with Gasteiger partial charge in [0.25, 0.3) is 0 Å². The third-order valence-electron chi connectivity index (χ3n) is 2.58. The van der Waals surface area contributed by atoms with Crippen LogP contribution in [0.2, 0.25) is 5.15 Å². The fourth-order valence-corrected chi connectivity index (χ4v) is 1.66. The van der Waals surface area contributed by atoms with Gasteiger partial charge in [0.1, 0.15) is 17.5 Å². The second kappa shape index (κ2) is 6.87. The Morgan fingerprint density at radius 1 is 1.25 bits per heavy atom. The Labute approximate surface area is 122 Å². The van der Waals surface area contributed by atoms with Crippen molar-refractivity contribution in [1.29, 1.82) is 0 Å². The zero-order valence-corrected chi connectivity index (χ0v) is 11.8. The molecular formula is C16H14ClNO2. The summed E-state index contributed by atoms with van der Waals surface area (Å²) in [6.45, 7) is 1.96. The largest absolute Gasteiger partial charge is 0.489 e. The topological polar surface area (TPSA) is 39.2 Å². The van der Waals surface area contributed by atoms with Gasteiger partial charge in [-0.3, -0.25) is 4.79 Å². The number of hydrogen-bond donors (Lipinski definition) is 0. The summed E-state index contributed by atoms with van der Waals surface area (Å²) in [4.78, 5) is 14.8. The highest BCUT2D eigenvalue weighted by Gasteiger charge is 1.97. The first-order valence-corrected chi connectivity index (χ1v) is 6.53. The number of hydrogen-bond acceptors (Lipinski definition) is 3. The van der Waals surface area contributed by atoms with E-state index < -0.39 is 0 Å². The SMILES string of the molecule is CC(=O)C=Cc1ccc(OCc2ccc(Cl)nc2)cc1. The number of ether oxygens (including phenoxy) is 1. The molecule has 0 N–H and O–H groups in total. The second-order valence-electron chi connectivity index (χ2n) is 4.29. The highest BCUT2D eigenvalue weighted by atomic mass is 35.5. The summed E-state index contributed by atoms with van der Waals surface area (Å²) in [6.07, 6.45) is 5.00. The van der Waals surface area contributed by atoms with Crippen LogP contribution in [-0.2, 0) is 11.4 Å². The number of ketones is 1. The molecule has 3 nitrogen and oxygen atoms in total. The lowest BCUT2D eigenvalue weighted by molar-refractivity contribution is -0.112. The quantitative estimate of drug-likeness (QED) is 0.618. The molecule has 20 heavy (non-hydrogen) atoms. The van der Waals surface area contributed by atoms with Gasteiger partial charge in [-0.05, 0) is 36.8 Å². The molecule has 0 aliphatic rings. The van der Waals surface area contributed by atoms with Crippen LogP contribution in [0.25, 0.3) is 6.08 Å². The first-order chi connectivity index (χ1) is 9.63. The van der Waals surface area contributed by atoms with Crippen molar-refractivity contribution in [1.82, 2.24) is 4.98 Å². The van der Waals surface area contributed by atoms with Gasteiger partial charge in [-0.2, -0.15) is 0 Å². The zero-order valence-electron chi connectivity index (χ0n) is 11.0. The van der Waals surface area contributed by atoms with E-state index in [1.807, 2.05) is 30.3 Å². The van der Waals surface area contributed by atoms with Gasteiger partial charge in [0.2, 0.25) is 0 Å². The summed E-state index contributed by atoms with van der Waals surface area (Å²) in [5, 5.41) is 0.468. The maximum absolute atomic E-state index is 10.8. The van der Waals surface area contributed by atoms with E-state index in [-0.39, 0.29) is 5.78 Å². The minimum atomic E-state index is 0.0283. The molecule has 0 unspecified atom stereocenters. The van der Waals surface area contributed by atoms with Crippen LogP contribution in [0.15, 0.2) is 48.7 Å². The Morgan fingerprint density at radius 2 is 2.00 bits per heavy atom. The third kappa shape index (κ3) is 4.52. The molecule has 0 saturated carbocycles. The van der Waals surface area contributed by atoms with Crippen molar-refractivity contribution in [3.05, 3.63) is 65.0 Å². The van der Waals surface area contributed by atoms with Crippen molar-refractivity contribution in [2.24, 2.45) is 0 Å². The van der Waals surface area contributed by atoms with Gasteiger partial charge >= 0.3 is 0 Å². The number of pyridine rings is 1. The van der Waals surface area contributed by atoms with E-state index >= 15 is 0 Å². The smallest absolute Gasteiger partial charge is 0.152 e. The van der Waals surface area contributed by atoms with Crippen LogP contribution in [0.3, 0.4) is 0 Å². The first-order valence-electron chi connectivity index (χ1n) is 6.15. The van der Waals surface area contributed by atoms with Gasteiger partial charge < -0.3 is 4.74 Å². The summed E-state index contributed by atoms with van der Waals surface area (Å²) >= 11 is 5.72. The fourth-order valence-electron chi connectivity index (χ4n) is 1.55. The van der Waals surface area contributed by atoms with Crippen LogP contribution in [-0.4, -0.2) is 10.8 Å². The van der Waals surface area contributed by atoms with Crippen molar-refractivity contribution in [2.75, 3.05) is 0 Å². The van der Waals surface area contributed by atoms with Crippen LogP contribution < -0.4 is 4.74 Å². The molecule has 0 aliphatic heterocycles. The van der Waals surface area contributed by atoms with Gasteiger partial charge in [-0.1, -0.05) is 35.9 Å². The van der Waals surface area contributed by atoms with Crippen molar-refractivity contribution >= 4 is 23.5 Å². The summed E-state index contributed by atoms with van der Waals surface area (Å²) < 4.78 is 5.64. The molecule has 0 saturated heterocycles. The van der Waals surface area contributed by atoms with E-state index in [9.17, 15) is 4.79 Å². The number of allylic oxidation sites excluding steroid dienone is 1. The van der Waals surface area contributed by atoms with Crippen molar-refractivity contribution in [3.8, 4) is 5.75 Å². The molecule has 1 aromatic heterocycles. The van der Waals surface area contributed by atoms with Gasteiger partial charge in [-0.25, -0.2) is 4.98 Å². The monoisotopic (exact) mass is 287 g/mol. The first kappa shape index (κ1) is 14.3. The molecule has 0 amide bonds. The maximum atomic E-state index is 10.8. The molecule has 0 atom stereocenters. The molecule has 0 fully saturated rings. The van der Waals surface area contributed by atoms with E-state index in [4.69, 9.17) is 16.3 Å². The standard InChI is InChI=1S/C16H14ClNO2/c1-12(19)2-3-13-4-7-15(8-5-13)20-11-14-6-9-16(17)18-10-14/h2-10H,11H2,1H3. The highest BCUT2D eigenvalue weighted by molar-refractivity contribution is 6.29. The number of aromatic nitrogens is 1. The lowest BCUT2D eigenvalue weighted by Gasteiger charge is -2.06. The summed E-state index contributed by atoms with van der Waals surface area (Å²) in [7, 11) is 0. The second-order valence-corrected chi connectivity index (χ2v) is 4.68. The predicted octanol–water partition coefficient (Wildman–Crippen LogP) is 3.92. The minimum absolute atomic E-state index is 0.0283. The van der Waals surface area contributed by atoms with E-state index in [1.54, 1.807) is 18.3 Å². The van der Waals surface area contributed by atoms with Crippen molar-refractivity contribution in [3.63, 3.8) is 0 Å². The van der Waals surface area contributed by atoms with Crippen LogP contribution >= 0.6 is 11.6 Å². The fraction of sp³-hybridized carbons (Fsp3) is 0.125. The van der Waals surface area contributed by atoms with E-state index in [0.717, 1.165) is 16.9 Å². The number of rotatable bonds is 5.